The van der Waals surface area contributed by atoms with E-state index in [-0.39, 0.29) is 18.0 Å². The van der Waals surface area contributed by atoms with Gasteiger partial charge < -0.3 is 24.2 Å². The van der Waals surface area contributed by atoms with Gasteiger partial charge in [0, 0.05) is 50.0 Å². The van der Waals surface area contributed by atoms with Crippen LogP contribution in [-0.2, 0) is 16.0 Å². The molecule has 2 aromatic carbocycles. The van der Waals surface area contributed by atoms with Gasteiger partial charge in [0.2, 0.25) is 0 Å². The van der Waals surface area contributed by atoms with Crippen molar-refractivity contribution in [1.82, 2.24) is 9.80 Å². The van der Waals surface area contributed by atoms with Crippen LogP contribution < -0.4 is 4.90 Å². The molecule has 2 aliphatic rings. The highest BCUT2D eigenvalue weighted by molar-refractivity contribution is 5.94. The van der Waals surface area contributed by atoms with E-state index in [4.69, 9.17) is 9.47 Å². The lowest BCUT2D eigenvalue weighted by Gasteiger charge is -2.39. The maximum absolute atomic E-state index is 13.7. The minimum atomic E-state index is -0.519. The number of amides is 2. The first kappa shape index (κ1) is 26.0. The highest BCUT2D eigenvalue weighted by Gasteiger charge is 2.32. The number of morpholine rings is 1. The smallest absolute Gasteiger partial charge is 0.410 e. The zero-order valence-electron chi connectivity index (χ0n) is 22.0. The lowest BCUT2D eigenvalue weighted by atomic mass is 10.0. The quantitative estimate of drug-likeness (QED) is 0.595. The summed E-state index contributed by atoms with van der Waals surface area (Å²) in [5.41, 5.74) is 3.59. The molecule has 0 unspecified atom stereocenters. The molecule has 0 bridgehead atoms. The number of piperidine rings is 1. The van der Waals surface area contributed by atoms with Crippen molar-refractivity contribution >= 4 is 17.7 Å². The van der Waals surface area contributed by atoms with Gasteiger partial charge >= 0.3 is 6.09 Å². The molecule has 0 radical (unpaired) electrons. The van der Waals surface area contributed by atoms with Crippen LogP contribution in [0.25, 0.3) is 0 Å². The Morgan fingerprint density at radius 2 is 1.56 bits per heavy atom. The normalized spacial score (nSPS) is 17.1. The first-order valence-corrected chi connectivity index (χ1v) is 13.0. The van der Waals surface area contributed by atoms with Crippen LogP contribution in [0, 0.1) is 6.92 Å². The van der Waals surface area contributed by atoms with Crippen molar-refractivity contribution in [3.8, 4) is 0 Å². The maximum atomic E-state index is 13.7. The zero-order chi connectivity index (χ0) is 25.7. The Labute approximate surface area is 215 Å². The summed E-state index contributed by atoms with van der Waals surface area (Å²) >= 11 is 0. The highest BCUT2D eigenvalue weighted by atomic mass is 16.6. The minimum Gasteiger partial charge on any atom is -0.444 e. The summed E-state index contributed by atoms with van der Waals surface area (Å²) in [6, 6.07) is 16.3. The van der Waals surface area contributed by atoms with E-state index in [2.05, 4.69) is 29.2 Å². The average Bonchev–Trinajstić information content (AvgIpc) is 2.87. The SMILES string of the molecule is Cc1ccc(C(=O)N(Cc2ccc(N3CCOCC3)cc2)C2CCN(C(=O)OC(C)(C)C)CC2)cc1. The molecule has 2 amide bonds. The summed E-state index contributed by atoms with van der Waals surface area (Å²) in [7, 11) is 0. The predicted octanol–water partition coefficient (Wildman–Crippen LogP) is 4.87. The molecule has 2 aliphatic heterocycles. The molecule has 4 rings (SSSR count). The molecule has 0 N–H and O–H groups in total. The molecule has 7 nitrogen and oxygen atoms in total. The number of rotatable bonds is 5. The van der Waals surface area contributed by atoms with Crippen LogP contribution in [0.2, 0.25) is 0 Å². The second-order valence-electron chi connectivity index (χ2n) is 10.8. The molecule has 2 fully saturated rings. The molecule has 2 aromatic rings. The van der Waals surface area contributed by atoms with Crippen LogP contribution in [0.5, 0.6) is 0 Å². The number of carbonyl (C=O) groups excluding carboxylic acids is 2. The Morgan fingerprint density at radius 3 is 2.14 bits per heavy atom. The van der Waals surface area contributed by atoms with Crippen molar-refractivity contribution in [3.05, 3.63) is 65.2 Å². The number of likely N-dealkylation sites (tertiary alicyclic amines) is 1. The van der Waals surface area contributed by atoms with Gasteiger partial charge in [-0.25, -0.2) is 4.79 Å². The van der Waals surface area contributed by atoms with Crippen LogP contribution in [0.4, 0.5) is 10.5 Å². The second-order valence-corrected chi connectivity index (χ2v) is 10.8. The van der Waals surface area contributed by atoms with E-state index in [0.717, 1.165) is 50.3 Å². The topological polar surface area (TPSA) is 62.3 Å². The largest absolute Gasteiger partial charge is 0.444 e. The molecule has 194 valence electrons. The zero-order valence-corrected chi connectivity index (χ0v) is 22.0. The molecule has 7 heteroatoms. The van der Waals surface area contributed by atoms with E-state index < -0.39 is 5.60 Å². The number of hydrogen-bond acceptors (Lipinski definition) is 5. The van der Waals surface area contributed by atoms with Crippen molar-refractivity contribution in [1.29, 1.82) is 0 Å². The third-order valence-corrected chi connectivity index (χ3v) is 6.78. The third kappa shape index (κ3) is 6.78. The lowest BCUT2D eigenvalue weighted by molar-refractivity contribution is 0.0141. The third-order valence-electron chi connectivity index (χ3n) is 6.78. The van der Waals surface area contributed by atoms with Gasteiger partial charge in [0.25, 0.3) is 5.91 Å². The Bertz CT molecular complexity index is 1020. The molecular formula is C29H39N3O4. The fourth-order valence-corrected chi connectivity index (χ4v) is 4.75. The van der Waals surface area contributed by atoms with E-state index in [1.807, 2.05) is 56.9 Å². The van der Waals surface area contributed by atoms with Crippen LogP contribution in [0.1, 0.15) is 55.1 Å². The van der Waals surface area contributed by atoms with Crippen LogP contribution >= 0.6 is 0 Å². The van der Waals surface area contributed by atoms with Crippen molar-refractivity contribution < 1.29 is 19.1 Å². The highest BCUT2D eigenvalue weighted by Crippen LogP contribution is 2.24. The van der Waals surface area contributed by atoms with Crippen LogP contribution in [-0.4, -0.2) is 72.8 Å². The fraction of sp³-hybridized carbons (Fsp3) is 0.517. The molecule has 0 aromatic heterocycles. The molecule has 0 aliphatic carbocycles. The molecule has 36 heavy (non-hydrogen) atoms. The number of hydrogen-bond donors (Lipinski definition) is 0. The number of aryl methyl sites for hydroxylation is 1. The summed E-state index contributed by atoms with van der Waals surface area (Å²) in [5, 5.41) is 0. The molecular weight excluding hydrogens is 454 g/mol. The van der Waals surface area contributed by atoms with Gasteiger partial charge in [0.05, 0.1) is 13.2 Å². The molecule has 0 saturated carbocycles. The Balaban J connectivity index is 1.48. The van der Waals surface area contributed by atoms with Crippen molar-refractivity contribution in [3.63, 3.8) is 0 Å². The number of anilines is 1. The predicted molar refractivity (Wildman–Crippen MR) is 141 cm³/mol. The fourth-order valence-electron chi connectivity index (χ4n) is 4.75. The number of nitrogens with zero attached hydrogens (tertiary/aromatic N) is 3. The summed E-state index contributed by atoms with van der Waals surface area (Å²) in [4.78, 5) is 32.3. The van der Waals surface area contributed by atoms with E-state index in [1.54, 1.807) is 4.90 Å². The van der Waals surface area contributed by atoms with Gasteiger partial charge in [-0.05, 0) is 70.4 Å². The summed E-state index contributed by atoms with van der Waals surface area (Å²) in [6.07, 6.45) is 1.17. The summed E-state index contributed by atoms with van der Waals surface area (Å²) in [5.74, 6) is 0.0305. The van der Waals surface area contributed by atoms with Gasteiger partial charge in [-0.3, -0.25) is 4.79 Å². The van der Waals surface area contributed by atoms with Gasteiger partial charge in [-0.15, -0.1) is 0 Å². The van der Waals surface area contributed by atoms with Crippen LogP contribution in [0.15, 0.2) is 48.5 Å². The number of benzene rings is 2. The molecule has 0 atom stereocenters. The Hall–Kier alpha value is -3.06. The van der Waals surface area contributed by atoms with E-state index in [0.29, 0.717) is 25.2 Å². The number of carbonyl (C=O) groups is 2. The van der Waals surface area contributed by atoms with E-state index >= 15 is 0 Å². The van der Waals surface area contributed by atoms with Gasteiger partial charge in [0.15, 0.2) is 0 Å². The van der Waals surface area contributed by atoms with E-state index in [1.165, 1.54) is 5.69 Å². The first-order valence-electron chi connectivity index (χ1n) is 13.0. The first-order chi connectivity index (χ1) is 17.2. The Morgan fingerprint density at radius 1 is 0.944 bits per heavy atom. The Kier molecular flexibility index (Phi) is 8.19. The van der Waals surface area contributed by atoms with Crippen molar-refractivity contribution in [2.75, 3.05) is 44.3 Å². The monoisotopic (exact) mass is 493 g/mol. The summed E-state index contributed by atoms with van der Waals surface area (Å²) < 4.78 is 11.0. The molecule has 2 saturated heterocycles. The second kappa shape index (κ2) is 11.3. The lowest BCUT2D eigenvalue weighted by Crippen LogP contribution is -2.49. The van der Waals surface area contributed by atoms with E-state index in [9.17, 15) is 9.59 Å². The summed E-state index contributed by atoms with van der Waals surface area (Å²) in [6.45, 7) is 12.6. The van der Waals surface area contributed by atoms with Crippen molar-refractivity contribution in [2.24, 2.45) is 0 Å². The van der Waals surface area contributed by atoms with Crippen LogP contribution in [0.3, 0.4) is 0 Å². The van der Waals surface area contributed by atoms with Crippen molar-refractivity contribution in [2.45, 2.75) is 58.7 Å². The average molecular weight is 494 g/mol. The molecule has 2 heterocycles. The minimum absolute atomic E-state index is 0.0305. The van der Waals surface area contributed by atoms with Gasteiger partial charge in [0.1, 0.15) is 5.60 Å². The number of ether oxygens (including phenoxy) is 2. The van der Waals surface area contributed by atoms with Gasteiger partial charge in [-0.2, -0.15) is 0 Å². The molecule has 0 spiro atoms. The maximum Gasteiger partial charge on any atom is 0.410 e. The van der Waals surface area contributed by atoms with Gasteiger partial charge in [-0.1, -0.05) is 29.8 Å². The standard InChI is InChI=1S/C29H39N3O4/c1-22-5-9-24(10-6-22)27(33)32(26-13-15-31(16-14-26)28(34)36-29(2,3)4)21-23-7-11-25(12-8-23)30-17-19-35-20-18-30/h5-12,26H,13-21H2,1-4H3.